The van der Waals surface area contributed by atoms with Crippen LogP contribution < -0.4 is 10.2 Å². The third-order valence-corrected chi connectivity index (χ3v) is 4.64. The maximum absolute atomic E-state index is 12.2. The van der Waals surface area contributed by atoms with Crippen molar-refractivity contribution in [2.45, 2.75) is 13.8 Å². The van der Waals surface area contributed by atoms with Crippen molar-refractivity contribution in [3.8, 4) is 11.3 Å². The van der Waals surface area contributed by atoms with Gasteiger partial charge in [-0.05, 0) is 18.2 Å². The van der Waals surface area contributed by atoms with Gasteiger partial charge in [-0.25, -0.2) is 19.7 Å². The summed E-state index contributed by atoms with van der Waals surface area (Å²) >= 11 is 0. The molecule has 0 saturated carbocycles. The van der Waals surface area contributed by atoms with Crippen molar-refractivity contribution in [3.63, 3.8) is 0 Å². The summed E-state index contributed by atoms with van der Waals surface area (Å²) in [6.07, 6.45) is 0.338. The van der Waals surface area contributed by atoms with Gasteiger partial charge in [0.25, 0.3) is 0 Å². The Morgan fingerprint density at radius 2 is 1.74 bits per heavy atom. The summed E-state index contributed by atoms with van der Waals surface area (Å²) in [6.45, 7) is 3.54. The van der Waals surface area contributed by atoms with Crippen molar-refractivity contribution in [2.24, 2.45) is 5.92 Å². The van der Waals surface area contributed by atoms with E-state index < -0.39 is 6.09 Å². The second-order valence-electron chi connectivity index (χ2n) is 7.11. The molecule has 0 bridgehead atoms. The number of para-hydroxylation sites is 2. The van der Waals surface area contributed by atoms with Gasteiger partial charge >= 0.3 is 6.09 Å². The topological polar surface area (TPSA) is 124 Å². The molecule has 31 heavy (non-hydrogen) atoms. The van der Waals surface area contributed by atoms with E-state index in [-0.39, 0.29) is 17.8 Å². The van der Waals surface area contributed by atoms with E-state index >= 15 is 0 Å². The Balaban J connectivity index is 1.90. The van der Waals surface area contributed by atoms with Crippen molar-refractivity contribution in [3.05, 3.63) is 60.9 Å². The monoisotopic (exact) mass is 416 g/mol. The molecule has 0 atom stereocenters. The number of aromatic amines is 1. The van der Waals surface area contributed by atoms with E-state index in [2.05, 4.69) is 25.3 Å². The van der Waals surface area contributed by atoms with Crippen LogP contribution in [0.5, 0.6) is 0 Å². The van der Waals surface area contributed by atoms with Crippen LogP contribution in [0.15, 0.2) is 60.9 Å². The molecule has 156 valence electrons. The molecular formula is C22H20N6O3. The van der Waals surface area contributed by atoms with Crippen LogP contribution in [-0.2, 0) is 4.79 Å². The lowest BCUT2D eigenvalue weighted by Crippen LogP contribution is -2.24. The minimum absolute atomic E-state index is 0.113. The van der Waals surface area contributed by atoms with E-state index in [1.807, 2.05) is 6.07 Å². The molecule has 0 aliphatic carbocycles. The maximum atomic E-state index is 12.2. The molecule has 0 aliphatic heterocycles. The normalized spacial score (nSPS) is 10.9. The molecule has 2 amide bonds. The smallest absolute Gasteiger partial charge is 0.416 e. The fourth-order valence-corrected chi connectivity index (χ4v) is 3.13. The Hall–Kier alpha value is -4.27. The summed E-state index contributed by atoms with van der Waals surface area (Å²) in [5, 5.41) is 12.7. The van der Waals surface area contributed by atoms with Crippen LogP contribution in [0.1, 0.15) is 13.8 Å². The Labute approximate surface area is 177 Å². The van der Waals surface area contributed by atoms with Gasteiger partial charge in [0.15, 0.2) is 5.65 Å². The standard InChI is InChI=1S/C22H20N6O3/c1-13(2)20(29)27-21-25-17(18-19(26-21)24-12-23-18)15-10-6-7-11-16(15)28(22(30)31)14-8-4-3-5-9-14/h3-13H,1-2H3,(H,30,31)(H2,23,24,25,26,27,29). The molecule has 0 spiro atoms. The van der Waals surface area contributed by atoms with E-state index in [4.69, 9.17) is 0 Å². The van der Waals surface area contributed by atoms with Gasteiger partial charge in [-0.2, -0.15) is 4.98 Å². The lowest BCUT2D eigenvalue weighted by molar-refractivity contribution is -0.118. The zero-order valence-electron chi connectivity index (χ0n) is 16.9. The SMILES string of the molecule is CC(C)C(=O)Nc1nc(-c2ccccc2N(C(=O)O)c2ccccc2)c2nc[nH]c2n1. The quantitative estimate of drug-likeness (QED) is 0.442. The van der Waals surface area contributed by atoms with E-state index in [0.29, 0.717) is 33.8 Å². The zero-order chi connectivity index (χ0) is 22.0. The first-order valence-electron chi connectivity index (χ1n) is 9.65. The molecule has 0 unspecified atom stereocenters. The average Bonchev–Trinajstić information content (AvgIpc) is 3.23. The highest BCUT2D eigenvalue weighted by Crippen LogP contribution is 2.37. The molecule has 0 fully saturated rings. The van der Waals surface area contributed by atoms with Gasteiger partial charge in [0.1, 0.15) is 11.2 Å². The number of hydrogen-bond acceptors (Lipinski definition) is 5. The lowest BCUT2D eigenvalue weighted by atomic mass is 10.1. The summed E-state index contributed by atoms with van der Waals surface area (Å²) < 4.78 is 0. The van der Waals surface area contributed by atoms with E-state index in [0.717, 1.165) is 0 Å². The predicted molar refractivity (Wildman–Crippen MR) is 117 cm³/mol. The van der Waals surface area contributed by atoms with Gasteiger partial charge in [0.2, 0.25) is 11.9 Å². The third-order valence-electron chi connectivity index (χ3n) is 4.64. The Bertz CT molecular complexity index is 1250. The molecule has 4 aromatic rings. The first-order valence-corrected chi connectivity index (χ1v) is 9.65. The third kappa shape index (κ3) is 3.93. The molecule has 3 N–H and O–H groups in total. The van der Waals surface area contributed by atoms with Gasteiger partial charge < -0.3 is 10.1 Å². The second kappa shape index (κ2) is 8.23. The van der Waals surface area contributed by atoms with Crippen LogP contribution in [-0.4, -0.2) is 37.0 Å². The summed E-state index contributed by atoms with van der Waals surface area (Å²) in [5.74, 6) is -0.367. The summed E-state index contributed by atoms with van der Waals surface area (Å²) in [7, 11) is 0. The molecule has 2 heterocycles. The number of amides is 2. The van der Waals surface area contributed by atoms with Crippen LogP contribution in [0.4, 0.5) is 22.1 Å². The van der Waals surface area contributed by atoms with Gasteiger partial charge in [0, 0.05) is 11.5 Å². The summed E-state index contributed by atoms with van der Waals surface area (Å²) in [6, 6.07) is 15.8. The highest BCUT2D eigenvalue weighted by atomic mass is 16.4. The molecule has 2 aromatic carbocycles. The number of fused-ring (bicyclic) bond motifs is 1. The molecule has 0 radical (unpaired) electrons. The number of carbonyl (C=O) groups excluding carboxylic acids is 1. The molecule has 4 rings (SSSR count). The number of H-pyrrole nitrogens is 1. The fraction of sp³-hybridized carbons (Fsp3) is 0.136. The first kappa shape index (κ1) is 20.0. The minimum atomic E-state index is -1.14. The van der Waals surface area contributed by atoms with Crippen LogP contribution in [0, 0.1) is 5.92 Å². The van der Waals surface area contributed by atoms with E-state index in [1.165, 1.54) is 11.2 Å². The second-order valence-corrected chi connectivity index (χ2v) is 7.11. The van der Waals surface area contributed by atoms with Crippen molar-refractivity contribution >= 4 is 40.5 Å². The maximum Gasteiger partial charge on any atom is 0.416 e. The number of hydrogen-bond donors (Lipinski definition) is 3. The number of carboxylic acid groups (broad SMARTS) is 1. The van der Waals surface area contributed by atoms with Crippen LogP contribution in [0.3, 0.4) is 0 Å². The number of nitrogens with zero attached hydrogens (tertiary/aromatic N) is 4. The zero-order valence-corrected chi connectivity index (χ0v) is 16.9. The number of anilines is 3. The Morgan fingerprint density at radius 3 is 2.45 bits per heavy atom. The van der Waals surface area contributed by atoms with Crippen molar-refractivity contribution in [1.29, 1.82) is 0 Å². The number of imidazole rings is 1. The van der Waals surface area contributed by atoms with Crippen molar-refractivity contribution in [1.82, 2.24) is 19.9 Å². The van der Waals surface area contributed by atoms with Crippen LogP contribution in [0.2, 0.25) is 0 Å². The Morgan fingerprint density at radius 1 is 1.03 bits per heavy atom. The number of benzene rings is 2. The minimum Gasteiger partial charge on any atom is -0.464 e. The predicted octanol–water partition coefficient (Wildman–Crippen LogP) is 4.43. The van der Waals surface area contributed by atoms with Crippen LogP contribution >= 0.6 is 0 Å². The lowest BCUT2D eigenvalue weighted by Gasteiger charge is -2.22. The number of aromatic nitrogens is 4. The summed E-state index contributed by atoms with van der Waals surface area (Å²) in [4.78, 5) is 41.6. The van der Waals surface area contributed by atoms with Gasteiger partial charge in [-0.1, -0.05) is 50.2 Å². The Kier molecular flexibility index (Phi) is 5.31. The fourth-order valence-electron chi connectivity index (χ4n) is 3.13. The van der Waals surface area contributed by atoms with Crippen molar-refractivity contribution in [2.75, 3.05) is 10.2 Å². The largest absolute Gasteiger partial charge is 0.464 e. The summed E-state index contributed by atoms with van der Waals surface area (Å²) in [5.41, 5.74) is 2.73. The number of nitrogens with one attached hydrogen (secondary N) is 2. The van der Waals surface area contributed by atoms with Gasteiger partial charge in [-0.15, -0.1) is 0 Å². The van der Waals surface area contributed by atoms with Gasteiger partial charge in [-0.3, -0.25) is 10.1 Å². The van der Waals surface area contributed by atoms with Gasteiger partial charge in [0.05, 0.1) is 17.7 Å². The molecule has 9 nitrogen and oxygen atoms in total. The number of rotatable bonds is 5. The van der Waals surface area contributed by atoms with E-state index in [1.54, 1.807) is 62.4 Å². The molecular weight excluding hydrogens is 396 g/mol. The molecule has 0 saturated heterocycles. The molecule has 9 heteroatoms. The van der Waals surface area contributed by atoms with E-state index in [9.17, 15) is 14.7 Å². The number of carbonyl (C=O) groups is 2. The molecule has 2 aromatic heterocycles. The highest BCUT2D eigenvalue weighted by molar-refractivity contribution is 6.02. The molecule has 0 aliphatic rings. The highest BCUT2D eigenvalue weighted by Gasteiger charge is 2.23. The van der Waals surface area contributed by atoms with Crippen molar-refractivity contribution < 1.29 is 14.7 Å². The van der Waals surface area contributed by atoms with Crippen LogP contribution in [0.25, 0.3) is 22.4 Å². The average molecular weight is 416 g/mol. The first-order chi connectivity index (χ1) is 15.0.